The summed E-state index contributed by atoms with van der Waals surface area (Å²) in [6.45, 7) is 8.91. The quantitative estimate of drug-likeness (QED) is 0.915. The number of hydrogen-bond acceptors (Lipinski definition) is 4. The molecule has 1 N–H and O–H groups in total. The highest BCUT2D eigenvalue weighted by molar-refractivity contribution is 5.58. The minimum Gasteiger partial charge on any atom is -0.373 e. The number of hydrogen-bond donors (Lipinski definition) is 1. The number of nitrogens with zero attached hydrogens (tertiary/aromatic N) is 3. The highest BCUT2D eigenvalue weighted by Gasteiger charge is 2.19. The zero-order chi connectivity index (χ0) is 14.5. The van der Waals surface area contributed by atoms with E-state index in [4.69, 9.17) is 4.98 Å². The Hall–Kier alpha value is -1.32. The average molecular weight is 276 g/mol. The van der Waals surface area contributed by atoms with Gasteiger partial charge in [0.05, 0.1) is 0 Å². The lowest BCUT2D eigenvalue weighted by Crippen LogP contribution is -2.27. The van der Waals surface area contributed by atoms with Crippen molar-refractivity contribution in [2.24, 2.45) is 5.92 Å². The van der Waals surface area contributed by atoms with E-state index < -0.39 is 0 Å². The fourth-order valence-electron chi connectivity index (χ4n) is 2.91. The maximum absolute atomic E-state index is 4.84. The van der Waals surface area contributed by atoms with E-state index in [2.05, 4.69) is 36.0 Å². The van der Waals surface area contributed by atoms with Gasteiger partial charge in [-0.2, -0.15) is 0 Å². The molecule has 1 aromatic heterocycles. The van der Waals surface area contributed by atoms with E-state index in [0.29, 0.717) is 0 Å². The summed E-state index contributed by atoms with van der Waals surface area (Å²) in [5, 5.41) is 3.22. The van der Waals surface area contributed by atoms with Crippen LogP contribution in [-0.4, -0.2) is 30.1 Å². The third kappa shape index (κ3) is 3.41. The zero-order valence-electron chi connectivity index (χ0n) is 13.4. The summed E-state index contributed by atoms with van der Waals surface area (Å²) >= 11 is 0. The predicted molar refractivity (Wildman–Crippen MR) is 85.5 cm³/mol. The fraction of sp³-hybridized carbons (Fsp3) is 0.750. The Labute approximate surface area is 123 Å². The molecule has 0 spiro atoms. The van der Waals surface area contributed by atoms with Gasteiger partial charge in [0.2, 0.25) is 0 Å². The lowest BCUT2D eigenvalue weighted by atomic mass is 10.0. The Balaban J connectivity index is 2.30. The van der Waals surface area contributed by atoms with Gasteiger partial charge >= 0.3 is 0 Å². The van der Waals surface area contributed by atoms with Crippen LogP contribution in [0.5, 0.6) is 0 Å². The molecule has 1 fully saturated rings. The summed E-state index contributed by atoms with van der Waals surface area (Å²) in [6, 6.07) is 0. The molecule has 0 bridgehead atoms. The third-order valence-electron chi connectivity index (χ3n) is 4.19. The molecule has 0 aliphatic carbocycles. The Kier molecular flexibility index (Phi) is 5.21. The van der Waals surface area contributed by atoms with Crippen molar-refractivity contribution in [1.82, 2.24) is 9.97 Å². The second-order valence-corrected chi connectivity index (χ2v) is 5.96. The van der Waals surface area contributed by atoms with Crippen LogP contribution in [0.1, 0.15) is 50.9 Å². The number of anilines is 2. The minimum atomic E-state index is 0.834. The molecule has 0 amide bonds. The summed E-state index contributed by atoms with van der Waals surface area (Å²) in [7, 11) is 1.94. The van der Waals surface area contributed by atoms with Crippen molar-refractivity contribution in [3.8, 4) is 0 Å². The van der Waals surface area contributed by atoms with Crippen molar-refractivity contribution in [2.45, 2.75) is 52.9 Å². The number of aryl methyl sites for hydroxylation is 1. The van der Waals surface area contributed by atoms with Crippen molar-refractivity contribution in [1.29, 1.82) is 0 Å². The van der Waals surface area contributed by atoms with E-state index in [1.807, 2.05) is 7.05 Å². The van der Waals surface area contributed by atoms with E-state index in [-0.39, 0.29) is 0 Å². The first-order valence-electron chi connectivity index (χ1n) is 7.95. The van der Waals surface area contributed by atoms with E-state index in [1.165, 1.54) is 24.8 Å². The monoisotopic (exact) mass is 276 g/mol. The summed E-state index contributed by atoms with van der Waals surface area (Å²) in [5.74, 6) is 3.92. The van der Waals surface area contributed by atoms with E-state index in [9.17, 15) is 0 Å². The summed E-state index contributed by atoms with van der Waals surface area (Å²) in [5.41, 5.74) is 1.18. The maximum Gasteiger partial charge on any atom is 0.137 e. The number of nitrogens with one attached hydrogen (secondary N) is 1. The van der Waals surface area contributed by atoms with Crippen molar-refractivity contribution in [3.05, 3.63) is 11.4 Å². The van der Waals surface area contributed by atoms with E-state index >= 15 is 0 Å². The Morgan fingerprint density at radius 2 is 2.05 bits per heavy atom. The van der Waals surface area contributed by atoms with Gasteiger partial charge in [-0.1, -0.05) is 13.8 Å². The molecule has 4 heteroatoms. The average Bonchev–Trinajstić information content (AvgIpc) is 2.65. The number of aromatic nitrogens is 2. The van der Waals surface area contributed by atoms with Gasteiger partial charge < -0.3 is 10.2 Å². The maximum atomic E-state index is 4.84. The van der Waals surface area contributed by atoms with Gasteiger partial charge in [-0.05, 0) is 38.5 Å². The van der Waals surface area contributed by atoms with Crippen molar-refractivity contribution < 1.29 is 0 Å². The lowest BCUT2D eigenvalue weighted by molar-refractivity contribution is 0.521. The van der Waals surface area contributed by atoms with Crippen LogP contribution in [0.3, 0.4) is 0 Å². The third-order valence-corrected chi connectivity index (χ3v) is 4.19. The smallest absolute Gasteiger partial charge is 0.137 e. The summed E-state index contributed by atoms with van der Waals surface area (Å²) < 4.78 is 0. The minimum absolute atomic E-state index is 0.834. The molecule has 20 heavy (non-hydrogen) atoms. The zero-order valence-corrected chi connectivity index (χ0v) is 13.4. The standard InChI is InChI=1S/C16H28N4/c1-5-7-14-18-15(17-4)13(3)16(19-14)20-10-6-8-12(2)9-11-20/h12H,5-11H2,1-4H3,(H,17,18,19). The normalized spacial score (nSPS) is 19.8. The number of rotatable bonds is 4. The molecule has 0 radical (unpaired) electrons. The predicted octanol–water partition coefficient (Wildman–Crippen LogP) is 3.41. The molecule has 112 valence electrons. The van der Waals surface area contributed by atoms with Crippen LogP contribution < -0.4 is 10.2 Å². The highest BCUT2D eigenvalue weighted by atomic mass is 15.2. The van der Waals surface area contributed by atoms with Crippen LogP contribution in [0.15, 0.2) is 0 Å². The first-order chi connectivity index (χ1) is 9.65. The van der Waals surface area contributed by atoms with Crippen molar-refractivity contribution in [3.63, 3.8) is 0 Å². The molecule has 1 aliphatic rings. The van der Waals surface area contributed by atoms with Gasteiger partial charge in [0.25, 0.3) is 0 Å². The van der Waals surface area contributed by atoms with E-state index in [0.717, 1.165) is 49.3 Å². The van der Waals surface area contributed by atoms with Crippen LogP contribution in [0.25, 0.3) is 0 Å². The molecular formula is C16H28N4. The van der Waals surface area contributed by atoms with Crippen LogP contribution in [0.2, 0.25) is 0 Å². The van der Waals surface area contributed by atoms with Gasteiger partial charge in [-0.3, -0.25) is 0 Å². The molecule has 1 atom stereocenters. The largest absolute Gasteiger partial charge is 0.373 e. The molecule has 1 unspecified atom stereocenters. The molecule has 1 aliphatic heterocycles. The van der Waals surface area contributed by atoms with Gasteiger partial charge in [0.1, 0.15) is 17.5 Å². The molecule has 0 saturated carbocycles. The molecule has 2 rings (SSSR count). The second-order valence-electron chi connectivity index (χ2n) is 5.96. The van der Waals surface area contributed by atoms with Gasteiger partial charge in [0.15, 0.2) is 0 Å². The van der Waals surface area contributed by atoms with Gasteiger partial charge in [-0.25, -0.2) is 9.97 Å². The SMILES string of the molecule is CCCc1nc(NC)c(C)c(N2CCCC(C)CC2)n1. The van der Waals surface area contributed by atoms with Crippen molar-refractivity contribution >= 4 is 11.6 Å². The molecule has 4 nitrogen and oxygen atoms in total. The first-order valence-corrected chi connectivity index (χ1v) is 7.95. The van der Waals surface area contributed by atoms with Gasteiger partial charge in [-0.15, -0.1) is 0 Å². The lowest BCUT2D eigenvalue weighted by Gasteiger charge is -2.25. The Bertz CT molecular complexity index is 444. The molecule has 1 aromatic rings. The fourth-order valence-corrected chi connectivity index (χ4v) is 2.91. The van der Waals surface area contributed by atoms with Gasteiger partial charge in [0, 0.05) is 32.1 Å². The Morgan fingerprint density at radius 3 is 2.75 bits per heavy atom. The second kappa shape index (κ2) is 6.91. The highest BCUT2D eigenvalue weighted by Crippen LogP contribution is 2.27. The van der Waals surface area contributed by atoms with E-state index in [1.54, 1.807) is 0 Å². The Morgan fingerprint density at radius 1 is 1.25 bits per heavy atom. The first kappa shape index (κ1) is 15.1. The van der Waals surface area contributed by atoms with Crippen LogP contribution in [0.4, 0.5) is 11.6 Å². The summed E-state index contributed by atoms with van der Waals surface area (Å²) in [6.07, 6.45) is 5.90. The summed E-state index contributed by atoms with van der Waals surface area (Å²) in [4.78, 5) is 11.9. The molecule has 0 aromatic carbocycles. The molecule has 2 heterocycles. The van der Waals surface area contributed by atoms with Crippen LogP contribution >= 0.6 is 0 Å². The van der Waals surface area contributed by atoms with Crippen molar-refractivity contribution in [2.75, 3.05) is 30.4 Å². The molecular weight excluding hydrogens is 248 g/mol. The molecule has 1 saturated heterocycles. The topological polar surface area (TPSA) is 41.1 Å². The van der Waals surface area contributed by atoms with Crippen LogP contribution in [0, 0.1) is 12.8 Å². The van der Waals surface area contributed by atoms with Crippen LogP contribution in [-0.2, 0) is 6.42 Å².